The number of nitrogens with zero attached hydrogens (tertiary/aromatic N) is 1. The molecule has 0 saturated heterocycles. The van der Waals surface area contributed by atoms with E-state index in [9.17, 15) is 13.2 Å². The molecule has 0 saturated carbocycles. The fourth-order valence-electron chi connectivity index (χ4n) is 2.52. The van der Waals surface area contributed by atoms with Crippen molar-refractivity contribution in [3.8, 4) is 0 Å². The molecule has 2 aromatic rings. The highest BCUT2D eigenvalue weighted by molar-refractivity contribution is 7.92. The molecule has 0 aliphatic heterocycles. The van der Waals surface area contributed by atoms with Gasteiger partial charge in [0.05, 0.1) is 25.1 Å². The number of sulfonamides is 1. The number of hydrogen-bond acceptors (Lipinski definition) is 4. The van der Waals surface area contributed by atoms with Crippen LogP contribution in [0.4, 0.5) is 5.69 Å². The summed E-state index contributed by atoms with van der Waals surface area (Å²) < 4.78 is 30.6. The van der Waals surface area contributed by atoms with Crippen LogP contribution in [0.5, 0.6) is 0 Å². The predicted molar refractivity (Wildman–Crippen MR) is 103 cm³/mol. The van der Waals surface area contributed by atoms with Crippen molar-refractivity contribution < 1.29 is 17.9 Å². The Bertz CT molecular complexity index is 820. The van der Waals surface area contributed by atoms with Gasteiger partial charge in [-0.05, 0) is 36.8 Å². The van der Waals surface area contributed by atoms with E-state index in [0.29, 0.717) is 17.9 Å². The van der Waals surface area contributed by atoms with Crippen LogP contribution in [0.25, 0.3) is 0 Å². The van der Waals surface area contributed by atoms with E-state index in [1.807, 2.05) is 13.0 Å². The molecule has 0 bridgehead atoms. The van der Waals surface area contributed by atoms with E-state index in [1.54, 1.807) is 55.6 Å². The fourth-order valence-corrected chi connectivity index (χ4v) is 3.41. The van der Waals surface area contributed by atoms with E-state index in [0.717, 1.165) is 5.56 Å². The van der Waals surface area contributed by atoms with E-state index in [2.05, 4.69) is 5.32 Å². The lowest BCUT2D eigenvalue weighted by Gasteiger charge is -2.22. The van der Waals surface area contributed by atoms with Crippen LogP contribution in [-0.4, -0.2) is 40.3 Å². The Morgan fingerprint density at radius 1 is 1.12 bits per heavy atom. The van der Waals surface area contributed by atoms with Crippen molar-refractivity contribution in [1.82, 2.24) is 5.32 Å². The van der Waals surface area contributed by atoms with Gasteiger partial charge in [0.25, 0.3) is 5.91 Å². The van der Waals surface area contributed by atoms with Gasteiger partial charge < -0.3 is 10.1 Å². The maximum Gasteiger partial charge on any atom is 0.251 e. The number of amides is 1. The number of rotatable bonds is 8. The van der Waals surface area contributed by atoms with Crippen LogP contribution in [0.2, 0.25) is 0 Å². The van der Waals surface area contributed by atoms with Crippen LogP contribution in [-0.2, 0) is 21.3 Å². The minimum absolute atomic E-state index is 0.0917. The summed E-state index contributed by atoms with van der Waals surface area (Å²) in [5, 5.41) is 2.84. The summed E-state index contributed by atoms with van der Waals surface area (Å²) in [5.41, 5.74) is 1.91. The van der Waals surface area contributed by atoms with Crippen molar-refractivity contribution in [3.05, 3.63) is 65.7 Å². The molecule has 0 spiro atoms. The number of hydrogen-bond donors (Lipinski definition) is 1. The summed E-state index contributed by atoms with van der Waals surface area (Å²) in [4.78, 5) is 12.2. The molecule has 1 amide bonds. The van der Waals surface area contributed by atoms with Crippen molar-refractivity contribution in [2.75, 3.05) is 24.3 Å². The zero-order valence-corrected chi connectivity index (χ0v) is 16.0. The number of benzene rings is 2. The molecular weight excluding hydrogens is 352 g/mol. The first-order valence-corrected chi connectivity index (χ1v) is 10.1. The smallest absolute Gasteiger partial charge is 0.251 e. The van der Waals surface area contributed by atoms with Gasteiger partial charge in [-0.15, -0.1) is 0 Å². The number of nitrogens with one attached hydrogen (secondary N) is 1. The molecule has 26 heavy (non-hydrogen) atoms. The molecule has 1 atom stereocenters. The molecule has 1 N–H and O–H groups in total. The van der Waals surface area contributed by atoms with E-state index < -0.39 is 10.0 Å². The normalized spacial score (nSPS) is 12.4. The highest BCUT2D eigenvalue weighted by Crippen LogP contribution is 2.20. The predicted octanol–water partition coefficient (Wildman–Crippen LogP) is 2.42. The van der Waals surface area contributed by atoms with E-state index in [1.165, 1.54) is 10.6 Å². The van der Waals surface area contributed by atoms with Crippen molar-refractivity contribution in [3.63, 3.8) is 0 Å². The number of anilines is 1. The Labute approximate surface area is 154 Å². The summed E-state index contributed by atoms with van der Waals surface area (Å²) in [6, 6.07) is 15.7. The molecule has 0 aromatic heterocycles. The zero-order valence-electron chi connectivity index (χ0n) is 15.2. The summed E-state index contributed by atoms with van der Waals surface area (Å²) in [6.45, 7) is 2.49. The van der Waals surface area contributed by atoms with Gasteiger partial charge in [-0.2, -0.15) is 0 Å². The van der Waals surface area contributed by atoms with Gasteiger partial charge in [0.2, 0.25) is 10.0 Å². The first-order valence-electron chi connectivity index (χ1n) is 8.22. The Kier molecular flexibility index (Phi) is 6.76. The molecule has 0 fully saturated rings. The zero-order chi connectivity index (χ0) is 19.2. The first-order chi connectivity index (χ1) is 12.3. The second-order valence-electron chi connectivity index (χ2n) is 6.13. The molecule has 2 aromatic carbocycles. The van der Waals surface area contributed by atoms with Gasteiger partial charge in [-0.3, -0.25) is 9.10 Å². The van der Waals surface area contributed by atoms with Gasteiger partial charge in [0, 0.05) is 18.7 Å². The molecule has 0 aliphatic carbocycles. The number of para-hydroxylation sites is 1. The average Bonchev–Trinajstić information content (AvgIpc) is 2.60. The van der Waals surface area contributed by atoms with Crippen LogP contribution >= 0.6 is 0 Å². The number of carbonyl (C=O) groups excluding carboxylic acids is 1. The molecule has 7 heteroatoms. The van der Waals surface area contributed by atoms with Crippen molar-refractivity contribution in [2.24, 2.45) is 0 Å². The van der Waals surface area contributed by atoms with Crippen molar-refractivity contribution in [2.45, 2.75) is 19.5 Å². The quantitative estimate of drug-likeness (QED) is 0.768. The van der Waals surface area contributed by atoms with E-state index >= 15 is 0 Å². The number of methoxy groups -OCH3 is 1. The standard InChI is InChI=1S/C19H24N2O4S/c1-15(14-25-2)20-19(22)17-11-9-16(10-12-17)13-21(26(3,23)24)18-7-5-4-6-8-18/h4-12,15H,13-14H2,1-3H3,(H,20,22)/t15-/m0/s1. The summed E-state index contributed by atoms with van der Waals surface area (Å²) in [6.07, 6.45) is 1.18. The third kappa shape index (κ3) is 5.57. The molecular formula is C19H24N2O4S. The van der Waals surface area contributed by atoms with Crippen LogP contribution in [0.3, 0.4) is 0 Å². The lowest BCUT2D eigenvalue weighted by molar-refractivity contribution is 0.0905. The Balaban J connectivity index is 2.13. The third-order valence-corrected chi connectivity index (χ3v) is 4.92. The Morgan fingerprint density at radius 2 is 1.73 bits per heavy atom. The Hall–Kier alpha value is -2.38. The van der Waals surface area contributed by atoms with Gasteiger partial charge in [0.1, 0.15) is 0 Å². The highest BCUT2D eigenvalue weighted by Gasteiger charge is 2.18. The second kappa shape index (κ2) is 8.82. The SMILES string of the molecule is COC[C@H](C)NC(=O)c1ccc(CN(c2ccccc2)S(C)(=O)=O)cc1. The first kappa shape index (κ1) is 19.9. The molecule has 0 unspecified atom stereocenters. The van der Waals surface area contributed by atoms with Gasteiger partial charge >= 0.3 is 0 Å². The fraction of sp³-hybridized carbons (Fsp3) is 0.316. The molecule has 0 heterocycles. The van der Waals surface area contributed by atoms with Crippen molar-refractivity contribution >= 4 is 21.6 Å². The number of carbonyl (C=O) groups is 1. The van der Waals surface area contributed by atoms with Gasteiger partial charge in [-0.1, -0.05) is 30.3 Å². The summed E-state index contributed by atoms with van der Waals surface area (Å²) in [7, 11) is -1.84. The maximum atomic E-state index is 12.2. The molecule has 0 radical (unpaired) electrons. The second-order valence-corrected chi connectivity index (χ2v) is 8.04. The summed E-state index contributed by atoms with van der Waals surface area (Å²) >= 11 is 0. The lowest BCUT2D eigenvalue weighted by Crippen LogP contribution is -2.35. The summed E-state index contributed by atoms with van der Waals surface area (Å²) in [5.74, 6) is -0.191. The number of ether oxygens (including phenoxy) is 1. The molecule has 140 valence electrons. The minimum atomic E-state index is -3.42. The molecule has 6 nitrogen and oxygen atoms in total. The lowest BCUT2D eigenvalue weighted by atomic mass is 10.1. The van der Waals surface area contributed by atoms with Gasteiger partial charge in [-0.25, -0.2) is 8.42 Å². The molecule has 2 rings (SSSR count). The average molecular weight is 376 g/mol. The van der Waals surface area contributed by atoms with Crippen LogP contribution in [0.15, 0.2) is 54.6 Å². The largest absolute Gasteiger partial charge is 0.383 e. The monoisotopic (exact) mass is 376 g/mol. The van der Waals surface area contributed by atoms with Crippen LogP contribution in [0.1, 0.15) is 22.8 Å². The minimum Gasteiger partial charge on any atom is -0.383 e. The van der Waals surface area contributed by atoms with Gasteiger partial charge in [0.15, 0.2) is 0 Å². The van der Waals surface area contributed by atoms with E-state index in [4.69, 9.17) is 4.74 Å². The highest BCUT2D eigenvalue weighted by atomic mass is 32.2. The Morgan fingerprint density at radius 3 is 2.27 bits per heavy atom. The maximum absolute atomic E-state index is 12.2. The van der Waals surface area contributed by atoms with Crippen LogP contribution in [0, 0.1) is 0 Å². The third-order valence-electron chi connectivity index (χ3n) is 3.78. The topological polar surface area (TPSA) is 75.7 Å². The van der Waals surface area contributed by atoms with Crippen LogP contribution < -0.4 is 9.62 Å². The van der Waals surface area contributed by atoms with E-state index in [-0.39, 0.29) is 18.5 Å². The molecule has 0 aliphatic rings. The van der Waals surface area contributed by atoms with Crippen molar-refractivity contribution in [1.29, 1.82) is 0 Å².